The topological polar surface area (TPSA) is 58.4 Å². The van der Waals surface area contributed by atoms with Gasteiger partial charge in [-0.3, -0.25) is 9.69 Å². The average molecular weight is 394 g/mol. The molecule has 0 aromatic heterocycles. The summed E-state index contributed by atoms with van der Waals surface area (Å²) in [6.07, 6.45) is 0.596. The first-order valence-corrected chi connectivity index (χ1v) is 8.88. The second-order valence-corrected chi connectivity index (χ2v) is 7.02. The molecule has 1 heterocycles. The third kappa shape index (κ3) is 4.55. The molecular weight excluding hydrogens is 376 g/mol. The van der Waals surface area contributed by atoms with Gasteiger partial charge in [0.05, 0.1) is 10.6 Å². The number of amides is 1. The van der Waals surface area contributed by atoms with Crippen LogP contribution in [0.25, 0.3) is 0 Å². The van der Waals surface area contributed by atoms with E-state index < -0.39 is 5.82 Å². The van der Waals surface area contributed by atoms with E-state index in [4.69, 9.17) is 28.9 Å². The first kappa shape index (κ1) is 18.7. The highest BCUT2D eigenvalue weighted by Gasteiger charge is 2.23. The molecule has 0 saturated heterocycles. The Morgan fingerprint density at radius 1 is 1.19 bits per heavy atom. The quantitative estimate of drug-likeness (QED) is 0.818. The highest BCUT2D eigenvalue weighted by Crippen LogP contribution is 2.22. The molecular formula is C19H18Cl2FN3O. The van der Waals surface area contributed by atoms with E-state index in [0.29, 0.717) is 41.5 Å². The molecule has 4 nitrogen and oxygen atoms in total. The molecule has 1 amide bonds. The van der Waals surface area contributed by atoms with Gasteiger partial charge >= 0.3 is 0 Å². The summed E-state index contributed by atoms with van der Waals surface area (Å²) in [5.74, 6) is -0.673. The summed E-state index contributed by atoms with van der Waals surface area (Å²) in [6, 6.07) is 11.5. The van der Waals surface area contributed by atoms with E-state index in [1.807, 2.05) is 0 Å². The number of benzene rings is 2. The van der Waals surface area contributed by atoms with Gasteiger partial charge in [0.25, 0.3) is 5.91 Å². The smallest absolute Gasteiger partial charge is 0.254 e. The van der Waals surface area contributed by atoms with Gasteiger partial charge in [-0.25, -0.2) is 4.39 Å². The van der Waals surface area contributed by atoms with E-state index in [1.165, 1.54) is 6.07 Å². The van der Waals surface area contributed by atoms with E-state index in [0.717, 1.165) is 12.1 Å². The van der Waals surface area contributed by atoms with Crippen LogP contribution in [0.2, 0.25) is 10.0 Å². The summed E-state index contributed by atoms with van der Waals surface area (Å²) in [7, 11) is 0. The fraction of sp³-hybridized carbons (Fsp3) is 0.211. The molecule has 0 aliphatic carbocycles. The van der Waals surface area contributed by atoms with E-state index >= 15 is 0 Å². The lowest BCUT2D eigenvalue weighted by Gasteiger charge is -2.29. The maximum absolute atomic E-state index is 13.3. The highest BCUT2D eigenvalue weighted by molar-refractivity contribution is 6.31. The Kier molecular flexibility index (Phi) is 5.81. The molecule has 0 atom stereocenters. The number of hydrogen-bond donors (Lipinski definition) is 2. The molecule has 0 saturated carbocycles. The lowest BCUT2D eigenvalue weighted by molar-refractivity contribution is -0.113. The van der Waals surface area contributed by atoms with Crippen LogP contribution in [0.5, 0.6) is 0 Å². The molecule has 1 aliphatic rings. The molecule has 2 aromatic rings. The Hall–Kier alpha value is -2.08. The molecule has 136 valence electrons. The monoisotopic (exact) mass is 393 g/mol. The lowest BCUT2D eigenvalue weighted by atomic mass is 10.0. The number of anilines is 1. The van der Waals surface area contributed by atoms with Crippen molar-refractivity contribution in [2.75, 3.05) is 18.4 Å². The molecule has 26 heavy (non-hydrogen) atoms. The molecule has 0 spiro atoms. The summed E-state index contributed by atoms with van der Waals surface area (Å²) in [5.41, 5.74) is 8.72. The van der Waals surface area contributed by atoms with Gasteiger partial charge in [-0.15, -0.1) is 0 Å². The van der Waals surface area contributed by atoms with Crippen molar-refractivity contribution in [3.8, 4) is 0 Å². The van der Waals surface area contributed by atoms with Gasteiger partial charge in [0.2, 0.25) is 0 Å². The minimum atomic E-state index is -0.443. The minimum Gasteiger partial charge on any atom is -0.402 e. The SMILES string of the molecule is NC1=C(C(=O)Nc2ccc(Cl)cc2)CN(Cc2ccc(F)c(Cl)c2)CC1. The lowest BCUT2D eigenvalue weighted by Crippen LogP contribution is -2.37. The fourth-order valence-corrected chi connectivity index (χ4v) is 3.15. The Balaban J connectivity index is 1.68. The van der Waals surface area contributed by atoms with Gasteiger partial charge in [-0.05, 0) is 42.0 Å². The maximum atomic E-state index is 13.3. The Bertz CT molecular complexity index is 852. The summed E-state index contributed by atoms with van der Waals surface area (Å²) >= 11 is 11.7. The van der Waals surface area contributed by atoms with Crippen LogP contribution in [0.1, 0.15) is 12.0 Å². The van der Waals surface area contributed by atoms with Crippen molar-refractivity contribution in [2.24, 2.45) is 5.73 Å². The molecule has 0 unspecified atom stereocenters. The van der Waals surface area contributed by atoms with Crippen molar-refractivity contribution in [1.82, 2.24) is 4.90 Å². The summed E-state index contributed by atoms with van der Waals surface area (Å²) in [5, 5.41) is 3.53. The molecule has 2 aromatic carbocycles. The van der Waals surface area contributed by atoms with Crippen LogP contribution in [0.3, 0.4) is 0 Å². The zero-order chi connectivity index (χ0) is 18.7. The Labute approximate surface area is 161 Å². The number of nitrogens with one attached hydrogen (secondary N) is 1. The molecule has 0 radical (unpaired) electrons. The zero-order valence-corrected chi connectivity index (χ0v) is 15.4. The molecule has 7 heteroatoms. The van der Waals surface area contributed by atoms with Gasteiger partial charge in [0.1, 0.15) is 5.82 Å². The van der Waals surface area contributed by atoms with Crippen LogP contribution in [0.4, 0.5) is 10.1 Å². The van der Waals surface area contributed by atoms with Crippen molar-refractivity contribution in [3.63, 3.8) is 0 Å². The molecule has 3 N–H and O–H groups in total. The van der Waals surface area contributed by atoms with Crippen molar-refractivity contribution in [1.29, 1.82) is 0 Å². The Morgan fingerprint density at radius 3 is 2.62 bits per heavy atom. The maximum Gasteiger partial charge on any atom is 0.254 e. The van der Waals surface area contributed by atoms with Gasteiger partial charge in [-0.1, -0.05) is 29.3 Å². The molecule has 1 aliphatic heterocycles. The average Bonchev–Trinajstić information content (AvgIpc) is 2.62. The van der Waals surface area contributed by atoms with Crippen molar-refractivity contribution in [3.05, 3.63) is 75.2 Å². The predicted octanol–water partition coefficient (Wildman–Crippen LogP) is 4.19. The number of halogens is 3. The van der Waals surface area contributed by atoms with Crippen LogP contribution < -0.4 is 11.1 Å². The van der Waals surface area contributed by atoms with Gasteiger partial charge in [0.15, 0.2) is 0 Å². The summed E-state index contributed by atoms with van der Waals surface area (Å²) < 4.78 is 13.3. The number of carbonyl (C=O) groups excluding carboxylic acids is 1. The standard InChI is InChI=1S/C19H18Cl2FN3O/c20-13-2-4-14(5-3-13)24-19(26)15-11-25(8-7-18(15)23)10-12-1-6-17(22)16(21)9-12/h1-6,9H,7-8,10-11,23H2,(H,24,26). The molecule has 0 fully saturated rings. The number of carbonyl (C=O) groups is 1. The largest absolute Gasteiger partial charge is 0.402 e. The number of hydrogen-bond acceptors (Lipinski definition) is 3. The summed E-state index contributed by atoms with van der Waals surface area (Å²) in [4.78, 5) is 14.7. The third-order valence-corrected chi connectivity index (χ3v) is 4.77. The normalized spacial score (nSPS) is 15.2. The van der Waals surface area contributed by atoms with E-state index in [1.54, 1.807) is 36.4 Å². The molecule has 3 rings (SSSR count). The van der Waals surface area contributed by atoms with E-state index in [2.05, 4.69) is 10.2 Å². The predicted molar refractivity (Wildman–Crippen MR) is 103 cm³/mol. The van der Waals surface area contributed by atoms with Gasteiger partial charge in [0, 0.05) is 42.5 Å². The van der Waals surface area contributed by atoms with Crippen molar-refractivity contribution < 1.29 is 9.18 Å². The van der Waals surface area contributed by atoms with Crippen LogP contribution in [0, 0.1) is 5.82 Å². The van der Waals surface area contributed by atoms with Gasteiger partial charge < -0.3 is 11.1 Å². The number of rotatable bonds is 4. The van der Waals surface area contributed by atoms with Crippen LogP contribution in [0.15, 0.2) is 53.7 Å². The van der Waals surface area contributed by atoms with Crippen LogP contribution in [-0.4, -0.2) is 23.9 Å². The fourth-order valence-electron chi connectivity index (χ4n) is 2.82. The zero-order valence-electron chi connectivity index (χ0n) is 13.9. The number of nitrogens with two attached hydrogens (primary N) is 1. The first-order chi connectivity index (χ1) is 12.4. The second-order valence-electron chi connectivity index (χ2n) is 6.17. The van der Waals surface area contributed by atoms with E-state index in [-0.39, 0.29) is 10.9 Å². The molecule has 0 bridgehead atoms. The highest BCUT2D eigenvalue weighted by atomic mass is 35.5. The van der Waals surface area contributed by atoms with Crippen molar-refractivity contribution in [2.45, 2.75) is 13.0 Å². The van der Waals surface area contributed by atoms with Crippen LogP contribution >= 0.6 is 23.2 Å². The van der Waals surface area contributed by atoms with Crippen molar-refractivity contribution >= 4 is 34.8 Å². The first-order valence-electron chi connectivity index (χ1n) is 8.13. The minimum absolute atomic E-state index is 0.0928. The second kappa shape index (κ2) is 8.08. The third-order valence-electron chi connectivity index (χ3n) is 4.23. The van der Waals surface area contributed by atoms with Crippen LogP contribution in [-0.2, 0) is 11.3 Å². The van der Waals surface area contributed by atoms with E-state index in [9.17, 15) is 9.18 Å². The number of nitrogens with zero attached hydrogens (tertiary/aromatic N) is 1. The van der Waals surface area contributed by atoms with Gasteiger partial charge in [-0.2, -0.15) is 0 Å². The Morgan fingerprint density at radius 2 is 1.92 bits per heavy atom. The summed E-state index contributed by atoms with van der Waals surface area (Å²) in [6.45, 7) is 1.70.